The number of carboxylic acids is 1. The second-order valence-electron chi connectivity index (χ2n) is 2.69. The minimum atomic E-state index is -2.88. The van der Waals surface area contributed by atoms with Crippen LogP contribution in [0.2, 0.25) is 0 Å². The average Bonchev–Trinajstić information content (AvgIpc) is 2.10. The molecule has 0 spiro atoms. The number of nitrogens with two attached hydrogens (primary N) is 3. The average molecular weight is 253 g/mol. The van der Waals surface area contributed by atoms with Crippen molar-refractivity contribution in [3.8, 4) is 0 Å². The van der Waals surface area contributed by atoms with Gasteiger partial charge in [0.2, 0.25) is 0 Å². The van der Waals surface area contributed by atoms with Gasteiger partial charge in [0.05, 0.1) is 0 Å². The van der Waals surface area contributed by atoms with E-state index in [-0.39, 0.29) is 5.96 Å². The first-order valence-electron chi connectivity index (χ1n) is 4.25. The molecule has 10 heteroatoms. The van der Waals surface area contributed by atoms with Gasteiger partial charge in [0.1, 0.15) is 6.04 Å². The highest BCUT2D eigenvalue weighted by Gasteiger charge is 2.09. The lowest BCUT2D eigenvalue weighted by molar-refractivity contribution is -0.138. The Morgan fingerprint density at radius 2 is 1.75 bits per heavy atom. The molecule has 0 rings (SSSR count). The van der Waals surface area contributed by atoms with Crippen molar-refractivity contribution in [1.82, 2.24) is 0 Å². The zero-order chi connectivity index (χ0) is 13.1. The first-order chi connectivity index (χ1) is 7.27. The Bertz CT molecular complexity index is 218. The molecule has 1 atom stereocenters. The third kappa shape index (κ3) is 18.6. The molecule has 0 heterocycles. The summed E-state index contributed by atoms with van der Waals surface area (Å²) in [5, 5.41) is 8.38. The molecule has 1 radical (unpaired) electrons. The molecule has 0 aromatic rings. The number of rotatable bonds is 5. The standard InChI is InChI=1S/C6H14N4O2.H3O3Si/c7-4(5(11)12)2-1-3-10-6(8)9;1-4(2)3/h4H,1-3,7H2,(H,11,12)(H4,8,9,10);1-3H. The highest BCUT2D eigenvalue weighted by molar-refractivity contribution is 6.30. The first kappa shape index (κ1) is 17.2. The predicted octanol–water partition coefficient (Wildman–Crippen LogP) is -3.60. The van der Waals surface area contributed by atoms with Gasteiger partial charge in [0.15, 0.2) is 5.96 Å². The number of carbonyl (C=O) groups is 1. The second-order valence-corrected chi connectivity index (χ2v) is 3.29. The summed E-state index contributed by atoms with van der Waals surface area (Å²) in [5.41, 5.74) is 15.3. The van der Waals surface area contributed by atoms with Crippen molar-refractivity contribution in [3.05, 3.63) is 0 Å². The summed E-state index contributed by atoms with van der Waals surface area (Å²) >= 11 is 0. The lowest BCUT2D eigenvalue weighted by Crippen LogP contribution is -2.30. The Morgan fingerprint density at radius 3 is 2.06 bits per heavy atom. The number of nitrogens with zero attached hydrogens (tertiary/aromatic N) is 1. The molecule has 0 fully saturated rings. The van der Waals surface area contributed by atoms with Crippen molar-refractivity contribution in [2.75, 3.05) is 6.54 Å². The van der Waals surface area contributed by atoms with Crippen LogP contribution in [0, 0.1) is 0 Å². The fourth-order valence-electron chi connectivity index (χ4n) is 0.643. The van der Waals surface area contributed by atoms with Gasteiger partial charge in [-0.15, -0.1) is 0 Å². The lowest BCUT2D eigenvalue weighted by atomic mass is 10.2. The minimum Gasteiger partial charge on any atom is -0.480 e. The lowest BCUT2D eigenvalue weighted by Gasteiger charge is -2.03. The highest BCUT2D eigenvalue weighted by atomic mass is 28.3. The molecule has 1 unspecified atom stereocenters. The van der Waals surface area contributed by atoms with Crippen molar-refractivity contribution in [2.24, 2.45) is 22.2 Å². The fourth-order valence-corrected chi connectivity index (χ4v) is 0.643. The van der Waals surface area contributed by atoms with Crippen LogP contribution in [0.3, 0.4) is 0 Å². The summed E-state index contributed by atoms with van der Waals surface area (Å²) in [6.07, 6.45) is 0.956. The zero-order valence-corrected chi connectivity index (χ0v) is 9.58. The van der Waals surface area contributed by atoms with Gasteiger partial charge in [0.25, 0.3) is 0 Å². The zero-order valence-electron chi connectivity index (χ0n) is 8.58. The van der Waals surface area contributed by atoms with Crippen molar-refractivity contribution < 1.29 is 24.3 Å². The molecule has 10 N–H and O–H groups in total. The number of aliphatic imine (C=N–C) groups is 1. The SMILES string of the molecule is NC(N)=NCCCC(N)C(=O)O.O[Si](O)O. The Kier molecular flexibility index (Phi) is 11.1. The molecular weight excluding hydrogens is 236 g/mol. The van der Waals surface area contributed by atoms with Crippen LogP contribution in [-0.4, -0.2) is 53.5 Å². The summed E-state index contributed by atoms with van der Waals surface area (Å²) < 4.78 is 0. The van der Waals surface area contributed by atoms with E-state index in [1.807, 2.05) is 0 Å². The maximum absolute atomic E-state index is 10.2. The van der Waals surface area contributed by atoms with E-state index in [0.29, 0.717) is 19.4 Å². The maximum Gasteiger partial charge on any atom is 0.569 e. The van der Waals surface area contributed by atoms with Crippen LogP contribution < -0.4 is 17.2 Å². The quantitative estimate of drug-likeness (QED) is 0.113. The van der Waals surface area contributed by atoms with E-state index < -0.39 is 21.5 Å². The summed E-state index contributed by atoms with van der Waals surface area (Å²) in [7, 11) is -2.88. The summed E-state index contributed by atoms with van der Waals surface area (Å²) in [6, 6.07) is -0.820. The summed E-state index contributed by atoms with van der Waals surface area (Å²) in [5.74, 6) is -0.987. The van der Waals surface area contributed by atoms with Crippen molar-refractivity contribution in [1.29, 1.82) is 0 Å². The van der Waals surface area contributed by atoms with Gasteiger partial charge < -0.3 is 36.7 Å². The number of hydrogen-bond acceptors (Lipinski definition) is 6. The van der Waals surface area contributed by atoms with Crippen LogP contribution in [0.5, 0.6) is 0 Å². The summed E-state index contributed by atoms with van der Waals surface area (Å²) in [6.45, 7) is 0.420. The predicted molar refractivity (Wildman–Crippen MR) is 57.9 cm³/mol. The Hall–Kier alpha value is -1.20. The van der Waals surface area contributed by atoms with Crippen LogP contribution in [-0.2, 0) is 4.79 Å². The van der Waals surface area contributed by atoms with Crippen LogP contribution in [0.4, 0.5) is 0 Å². The Morgan fingerprint density at radius 1 is 1.31 bits per heavy atom. The summed E-state index contributed by atoms with van der Waals surface area (Å²) in [4.78, 5) is 35.7. The molecule has 0 saturated heterocycles. The second kappa shape index (κ2) is 10.3. The molecule has 16 heavy (non-hydrogen) atoms. The molecule has 9 nitrogen and oxygen atoms in total. The van der Waals surface area contributed by atoms with Crippen LogP contribution in [0.15, 0.2) is 4.99 Å². The molecular formula is C6H17N4O5Si. The normalized spacial score (nSPS) is 11.3. The van der Waals surface area contributed by atoms with E-state index in [0.717, 1.165) is 0 Å². The molecule has 0 amide bonds. The molecule has 0 aliphatic carbocycles. The maximum atomic E-state index is 10.2. The van der Waals surface area contributed by atoms with Gasteiger partial charge in [-0.2, -0.15) is 0 Å². The molecule has 0 aliphatic rings. The number of hydrogen-bond donors (Lipinski definition) is 7. The number of carboxylic acid groups (broad SMARTS) is 1. The molecule has 0 saturated carbocycles. The molecule has 95 valence electrons. The van der Waals surface area contributed by atoms with E-state index >= 15 is 0 Å². The van der Waals surface area contributed by atoms with E-state index in [1.165, 1.54) is 0 Å². The first-order valence-corrected chi connectivity index (χ1v) is 5.59. The van der Waals surface area contributed by atoms with Crippen LogP contribution >= 0.6 is 0 Å². The van der Waals surface area contributed by atoms with Crippen LogP contribution in [0.25, 0.3) is 0 Å². The highest BCUT2D eigenvalue weighted by Crippen LogP contribution is 1.94. The number of aliphatic carboxylic acids is 1. The smallest absolute Gasteiger partial charge is 0.480 e. The van der Waals surface area contributed by atoms with Gasteiger partial charge in [-0.25, -0.2) is 0 Å². The van der Waals surface area contributed by atoms with Crippen molar-refractivity contribution >= 4 is 21.5 Å². The van der Waals surface area contributed by atoms with Gasteiger partial charge in [-0.05, 0) is 12.8 Å². The number of guanidine groups is 1. The van der Waals surface area contributed by atoms with E-state index in [4.69, 9.17) is 36.7 Å². The molecule has 0 aromatic carbocycles. The molecule has 0 aromatic heterocycles. The Balaban J connectivity index is 0. The van der Waals surface area contributed by atoms with Gasteiger partial charge in [-0.3, -0.25) is 9.79 Å². The van der Waals surface area contributed by atoms with Crippen LogP contribution in [0.1, 0.15) is 12.8 Å². The topological polar surface area (TPSA) is 188 Å². The third-order valence-corrected chi connectivity index (χ3v) is 1.28. The molecule has 0 bridgehead atoms. The minimum absolute atomic E-state index is 0.0129. The van der Waals surface area contributed by atoms with Crippen molar-refractivity contribution in [2.45, 2.75) is 18.9 Å². The van der Waals surface area contributed by atoms with Gasteiger partial charge >= 0.3 is 15.5 Å². The fraction of sp³-hybridized carbons (Fsp3) is 0.667. The van der Waals surface area contributed by atoms with E-state index in [9.17, 15) is 4.79 Å². The van der Waals surface area contributed by atoms with Crippen molar-refractivity contribution in [3.63, 3.8) is 0 Å². The monoisotopic (exact) mass is 253 g/mol. The third-order valence-electron chi connectivity index (χ3n) is 1.28. The Labute approximate surface area is 94.2 Å². The largest absolute Gasteiger partial charge is 0.569 e. The van der Waals surface area contributed by atoms with E-state index in [1.54, 1.807) is 0 Å². The van der Waals surface area contributed by atoms with Gasteiger partial charge in [0, 0.05) is 6.54 Å². The van der Waals surface area contributed by atoms with E-state index in [2.05, 4.69) is 4.99 Å². The molecule has 0 aliphatic heterocycles. The van der Waals surface area contributed by atoms with Gasteiger partial charge in [-0.1, -0.05) is 0 Å².